The number of rotatable bonds is 1. The smallest absolute Gasteiger partial charge is 0.256 e. The fourth-order valence-electron chi connectivity index (χ4n) is 1.00. The number of anilines is 1. The number of aromatic amines is 1. The molecule has 14 heavy (non-hydrogen) atoms. The number of thiazole rings is 1. The van der Waals surface area contributed by atoms with E-state index in [0.717, 1.165) is 0 Å². The van der Waals surface area contributed by atoms with E-state index in [0.29, 0.717) is 17.1 Å². The van der Waals surface area contributed by atoms with Crippen LogP contribution in [-0.2, 0) is 0 Å². The highest BCUT2D eigenvalue weighted by atomic mass is 32.1. The summed E-state index contributed by atoms with van der Waals surface area (Å²) in [6.45, 7) is 1.63. The van der Waals surface area contributed by atoms with Crippen molar-refractivity contribution < 1.29 is 0 Å². The molecule has 2 aromatic rings. The van der Waals surface area contributed by atoms with E-state index in [1.54, 1.807) is 17.8 Å². The van der Waals surface area contributed by atoms with Crippen LogP contribution >= 0.6 is 11.3 Å². The molecule has 0 spiro atoms. The molecule has 0 aliphatic heterocycles. The molecule has 6 heteroatoms. The number of hydrogen-bond acceptors (Lipinski definition) is 5. The molecule has 2 rings (SSSR count). The summed E-state index contributed by atoms with van der Waals surface area (Å²) >= 11 is 1.44. The molecule has 0 radical (unpaired) electrons. The van der Waals surface area contributed by atoms with E-state index in [1.165, 1.54) is 11.3 Å². The fraction of sp³-hybridized carbons (Fsp3) is 0.125. The van der Waals surface area contributed by atoms with Gasteiger partial charge in [0.05, 0.1) is 11.1 Å². The van der Waals surface area contributed by atoms with E-state index in [2.05, 4.69) is 15.0 Å². The summed E-state index contributed by atoms with van der Waals surface area (Å²) in [5, 5.41) is 1.80. The van der Waals surface area contributed by atoms with Gasteiger partial charge in [-0.15, -0.1) is 11.3 Å². The third kappa shape index (κ3) is 1.39. The van der Waals surface area contributed by atoms with E-state index >= 15 is 0 Å². The van der Waals surface area contributed by atoms with Gasteiger partial charge in [-0.2, -0.15) is 0 Å². The van der Waals surface area contributed by atoms with Crippen molar-refractivity contribution >= 4 is 17.2 Å². The number of hydrogen-bond donors (Lipinski definition) is 2. The molecule has 3 N–H and O–H groups in total. The summed E-state index contributed by atoms with van der Waals surface area (Å²) in [6.07, 6.45) is 0. The summed E-state index contributed by atoms with van der Waals surface area (Å²) in [5.41, 5.74) is 8.09. The van der Waals surface area contributed by atoms with E-state index in [-0.39, 0.29) is 11.4 Å². The zero-order valence-electron chi connectivity index (χ0n) is 7.44. The van der Waals surface area contributed by atoms with Crippen LogP contribution < -0.4 is 11.3 Å². The summed E-state index contributed by atoms with van der Waals surface area (Å²) in [5.74, 6) is 0.663. The summed E-state index contributed by atoms with van der Waals surface area (Å²) < 4.78 is 0. The lowest BCUT2D eigenvalue weighted by molar-refractivity contribution is 1.08. The molecule has 2 aromatic heterocycles. The van der Waals surface area contributed by atoms with E-state index in [1.807, 2.05) is 0 Å². The first-order valence-electron chi connectivity index (χ1n) is 3.93. The van der Waals surface area contributed by atoms with Crippen molar-refractivity contribution in [1.29, 1.82) is 0 Å². The molecule has 0 amide bonds. The Bertz CT molecular complexity index is 503. The van der Waals surface area contributed by atoms with Gasteiger partial charge in [0.25, 0.3) is 5.56 Å². The first kappa shape index (κ1) is 8.89. The van der Waals surface area contributed by atoms with Crippen LogP contribution in [-0.4, -0.2) is 15.0 Å². The SMILES string of the molecule is Cc1c(N)nc(-c2cscn2)[nH]c1=O. The van der Waals surface area contributed by atoms with Crippen LogP contribution in [0.1, 0.15) is 5.56 Å². The average molecular weight is 208 g/mol. The minimum atomic E-state index is -0.222. The van der Waals surface area contributed by atoms with Gasteiger partial charge in [0.1, 0.15) is 11.5 Å². The Hall–Kier alpha value is -1.69. The Morgan fingerprint density at radius 3 is 2.93 bits per heavy atom. The Morgan fingerprint density at radius 1 is 1.57 bits per heavy atom. The average Bonchev–Trinajstić information content (AvgIpc) is 2.66. The largest absolute Gasteiger partial charge is 0.383 e. The highest BCUT2D eigenvalue weighted by Crippen LogP contribution is 2.14. The van der Waals surface area contributed by atoms with Gasteiger partial charge in [0, 0.05) is 5.38 Å². The molecule has 0 aliphatic carbocycles. The van der Waals surface area contributed by atoms with Gasteiger partial charge in [-0.25, -0.2) is 9.97 Å². The van der Waals surface area contributed by atoms with E-state index in [9.17, 15) is 4.79 Å². The Morgan fingerprint density at radius 2 is 2.36 bits per heavy atom. The molecule has 0 unspecified atom stereocenters. The molecule has 0 saturated heterocycles. The van der Waals surface area contributed by atoms with Gasteiger partial charge >= 0.3 is 0 Å². The Labute approximate surface area is 83.7 Å². The zero-order chi connectivity index (χ0) is 10.1. The molecular formula is C8H8N4OS. The Balaban J connectivity index is 2.63. The molecule has 0 bridgehead atoms. The minimum Gasteiger partial charge on any atom is -0.383 e. The highest BCUT2D eigenvalue weighted by Gasteiger charge is 2.07. The van der Waals surface area contributed by atoms with Gasteiger partial charge in [-0.1, -0.05) is 0 Å². The maximum atomic E-state index is 11.4. The lowest BCUT2D eigenvalue weighted by Crippen LogP contribution is -2.15. The monoisotopic (exact) mass is 208 g/mol. The van der Waals surface area contributed by atoms with Crippen LogP contribution in [0, 0.1) is 6.92 Å². The van der Waals surface area contributed by atoms with Crippen molar-refractivity contribution in [3.05, 3.63) is 26.8 Å². The molecule has 0 saturated carbocycles. The molecule has 0 aliphatic rings. The lowest BCUT2D eigenvalue weighted by Gasteiger charge is -2.00. The topological polar surface area (TPSA) is 84.7 Å². The molecule has 2 heterocycles. The van der Waals surface area contributed by atoms with Crippen molar-refractivity contribution in [2.45, 2.75) is 6.92 Å². The fourth-order valence-corrected chi connectivity index (χ4v) is 1.54. The lowest BCUT2D eigenvalue weighted by atomic mass is 10.3. The third-order valence-corrected chi connectivity index (χ3v) is 2.45. The molecule has 0 fully saturated rings. The van der Waals surface area contributed by atoms with Crippen molar-refractivity contribution in [1.82, 2.24) is 15.0 Å². The first-order valence-corrected chi connectivity index (χ1v) is 4.87. The predicted octanol–water partition coefficient (Wildman–Crippen LogP) is 0.784. The second-order valence-electron chi connectivity index (χ2n) is 2.80. The van der Waals surface area contributed by atoms with E-state index in [4.69, 9.17) is 5.73 Å². The van der Waals surface area contributed by atoms with Gasteiger partial charge in [0.2, 0.25) is 0 Å². The number of nitrogens with two attached hydrogens (primary N) is 1. The predicted molar refractivity (Wildman–Crippen MR) is 55.1 cm³/mol. The standard InChI is InChI=1S/C8H8N4OS/c1-4-6(9)11-7(12-8(4)13)5-2-14-3-10-5/h2-3H,1H3,(H3,9,11,12,13). The molecule has 5 nitrogen and oxygen atoms in total. The van der Waals surface area contributed by atoms with Crippen LogP contribution in [0.5, 0.6) is 0 Å². The van der Waals surface area contributed by atoms with Gasteiger partial charge < -0.3 is 10.7 Å². The summed E-state index contributed by atoms with van der Waals surface area (Å²) in [6, 6.07) is 0. The van der Waals surface area contributed by atoms with Crippen molar-refractivity contribution in [3.8, 4) is 11.5 Å². The summed E-state index contributed by atoms with van der Waals surface area (Å²) in [7, 11) is 0. The molecule has 72 valence electrons. The van der Waals surface area contributed by atoms with Crippen molar-refractivity contribution in [2.24, 2.45) is 0 Å². The molecular weight excluding hydrogens is 200 g/mol. The maximum absolute atomic E-state index is 11.4. The maximum Gasteiger partial charge on any atom is 0.256 e. The van der Waals surface area contributed by atoms with E-state index < -0.39 is 0 Å². The van der Waals surface area contributed by atoms with Gasteiger partial charge in [-0.05, 0) is 6.92 Å². The Kier molecular flexibility index (Phi) is 2.05. The van der Waals surface area contributed by atoms with Crippen LogP contribution in [0.4, 0.5) is 5.82 Å². The highest BCUT2D eigenvalue weighted by molar-refractivity contribution is 7.07. The normalized spacial score (nSPS) is 10.4. The number of nitrogens with one attached hydrogen (secondary N) is 1. The van der Waals surface area contributed by atoms with Crippen LogP contribution in [0.15, 0.2) is 15.7 Å². The number of nitrogens with zero attached hydrogens (tertiary/aromatic N) is 2. The second kappa shape index (κ2) is 3.22. The number of H-pyrrole nitrogens is 1. The zero-order valence-corrected chi connectivity index (χ0v) is 8.26. The third-order valence-electron chi connectivity index (χ3n) is 1.86. The quantitative estimate of drug-likeness (QED) is 0.725. The minimum absolute atomic E-state index is 0.222. The van der Waals surface area contributed by atoms with Crippen LogP contribution in [0.25, 0.3) is 11.5 Å². The van der Waals surface area contributed by atoms with Gasteiger partial charge in [-0.3, -0.25) is 4.79 Å². The van der Waals surface area contributed by atoms with Crippen molar-refractivity contribution in [3.63, 3.8) is 0 Å². The molecule has 0 atom stereocenters. The van der Waals surface area contributed by atoms with Crippen LogP contribution in [0.2, 0.25) is 0 Å². The van der Waals surface area contributed by atoms with Crippen LogP contribution in [0.3, 0.4) is 0 Å². The summed E-state index contributed by atoms with van der Waals surface area (Å²) in [4.78, 5) is 22.0. The second-order valence-corrected chi connectivity index (χ2v) is 3.52. The first-order chi connectivity index (χ1) is 6.68. The van der Waals surface area contributed by atoms with Gasteiger partial charge in [0.15, 0.2) is 5.82 Å². The number of nitrogen functional groups attached to an aromatic ring is 1. The van der Waals surface area contributed by atoms with Crippen molar-refractivity contribution in [2.75, 3.05) is 5.73 Å². The number of aromatic nitrogens is 3. The molecule has 0 aromatic carbocycles.